The van der Waals surface area contributed by atoms with Crippen molar-refractivity contribution < 1.29 is 28.2 Å². The highest BCUT2D eigenvalue weighted by Crippen LogP contribution is 2.31. The number of nitrogens with zero attached hydrogens (tertiary/aromatic N) is 1. The summed E-state index contributed by atoms with van der Waals surface area (Å²) in [5, 5.41) is 0.138. The summed E-state index contributed by atoms with van der Waals surface area (Å²) in [6.07, 6.45) is -0.343. The Hall–Kier alpha value is -2.80. The van der Waals surface area contributed by atoms with E-state index < -0.39 is 18.4 Å². The van der Waals surface area contributed by atoms with Gasteiger partial charge in [-0.25, -0.2) is 4.39 Å². The third-order valence-electron chi connectivity index (χ3n) is 4.19. The Labute approximate surface area is 166 Å². The van der Waals surface area contributed by atoms with E-state index >= 15 is 0 Å². The lowest BCUT2D eigenvalue weighted by Crippen LogP contribution is -2.31. The molecule has 0 aliphatic carbocycles. The van der Waals surface area contributed by atoms with Crippen molar-refractivity contribution in [2.24, 2.45) is 0 Å². The van der Waals surface area contributed by atoms with Crippen molar-refractivity contribution in [1.29, 1.82) is 0 Å². The number of amides is 1. The van der Waals surface area contributed by atoms with Crippen molar-refractivity contribution in [2.75, 3.05) is 26.9 Å². The zero-order chi connectivity index (χ0) is 20.1. The summed E-state index contributed by atoms with van der Waals surface area (Å²) >= 11 is 5.89. The lowest BCUT2D eigenvalue weighted by atomic mass is 10.1. The van der Waals surface area contributed by atoms with Crippen LogP contribution in [0.3, 0.4) is 0 Å². The molecule has 3 rings (SSSR count). The van der Waals surface area contributed by atoms with E-state index in [9.17, 15) is 14.0 Å². The van der Waals surface area contributed by atoms with Gasteiger partial charge in [0.2, 0.25) is 0 Å². The third kappa shape index (κ3) is 4.92. The summed E-state index contributed by atoms with van der Waals surface area (Å²) in [6, 6.07) is 9.58. The molecule has 0 atom stereocenters. The lowest BCUT2D eigenvalue weighted by Gasteiger charge is -2.21. The van der Waals surface area contributed by atoms with Crippen molar-refractivity contribution in [2.45, 2.75) is 13.0 Å². The van der Waals surface area contributed by atoms with E-state index in [1.54, 1.807) is 13.1 Å². The molecular weight excluding hydrogens is 389 g/mol. The Bertz CT molecular complexity index is 869. The molecule has 28 heavy (non-hydrogen) atoms. The lowest BCUT2D eigenvalue weighted by molar-refractivity contribution is -0.151. The second-order valence-corrected chi connectivity index (χ2v) is 6.67. The Balaban J connectivity index is 1.51. The van der Waals surface area contributed by atoms with Gasteiger partial charge in [0.1, 0.15) is 19.0 Å². The van der Waals surface area contributed by atoms with Crippen LogP contribution >= 0.6 is 11.6 Å². The second-order valence-electron chi connectivity index (χ2n) is 6.27. The predicted octanol–water partition coefficient (Wildman–Crippen LogP) is 2.99. The van der Waals surface area contributed by atoms with Crippen molar-refractivity contribution in [3.8, 4) is 11.5 Å². The number of carbonyl (C=O) groups is 2. The van der Waals surface area contributed by atoms with Gasteiger partial charge in [-0.3, -0.25) is 9.59 Å². The van der Waals surface area contributed by atoms with Crippen LogP contribution in [0.25, 0.3) is 0 Å². The molecule has 0 radical (unpaired) electrons. The number of likely N-dealkylation sites (N-methyl/N-ethyl adjacent to an activating group) is 1. The normalized spacial score (nSPS) is 12.4. The van der Waals surface area contributed by atoms with Crippen LogP contribution in [0.4, 0.5) is 4.39 Å². The number of rotatable bonds is 6. The molecule has 8 heteroatoms. The molecule has 2 aromatic carbocycles. The average Bonchev–Trinajstić information content (AvgIpc) is 2.69. The van der Waals surface area contributed by atoms with Crippen LogP contribution in [-0.4, -0.2) is 43.6 Å². The minimum Gasteiger partial charge on any atom is -0.486 e. The van der Waals surface area contributed by atoms with Gasteiger partial charge in [0, 0.05) is 24.2 Å². The highest BCUT2D eigenvalue weighted by molar-refractivity contribution is 6.31. The summed E-state index contributed by atoms with van der Waals surface area (Å²) < 4.78 is 29.7. The van der Waals surface area contributed by atoms with Crippen LogP contribution in [0, 0.1) is 5.82 Å². The molecule has 0 fully saturated rings. The Morgan fingerprint density at radius 1 is 1.18 bits per heavy atom. The molecule has 0 bridgehead atoms. The first-order valence-electron chi connectivity index (χ1n) is 8.65. The van der Waals surface area contributed by atoms with Gasteiger partial charge in [0.05, 0.1) is 6.42 Å². The number of hydrogen-bond donors (Lipinski definition) is 0. The summed E-state index contributed by atoms with van der Waals surface area (Å²) in [5.74, 6) is -0.398. The number of hydrogen-bond acceptors (Lipinski definition) is 5. The fourth-order valence-corrected chi connectivity index (χ4v) is 2.93. The maximum absolute atomic E-state index is 13.7. The van der Waals surface area contributed by atoms with Gasteiger partial charge in [0.25, 0.3) is 5.91 Å². The number of esters is 1. The van der Waals surface area contributed by atoms with Crippen molar-refractivity contribution in [3.63, 3.8) is 0 Å². The number of halogens is 2. The zero-order valence-electron chi connectivity index (χ0n) is 15.2. The standard InChI is InChI=1S/C20H19ClFNO5/c1-23(11-13-5-6-17-18(9-13)27-8-7-26-17)19(24)12-28-20(25)10-14-15(21)3-2-4-16(14)22/h2-6,9H,7-8,10-12H2,1H3. The Morgan fingerprint density at radius 2 is 1.93 bits per heavy atom. The minimum atomic E-state index is -0.729. The quantitative estimate of drug-likeness (QED) is 0.689. The van der Waals surface area contributed by atoms with Crippen LogP contribution < -0.4 is 9.47 Å². The van der Waals surface area contributed by atoms with E-state index in [1.807, 2.05) is 12.1 Å². The molecule has 0 saturated heterocycles. The van der Waals surface area contributed by atoms with E-state index in [4.69, 9.17) is 25.8 Å². The van der Waals surface area contributed by atoms with Crippen LogP contribution in [0.5, 0.6) is 11.5 Å². The van der Waals surface area contributed by atoms with Crippen LogP contribution in [0.15, 0.2) is 36.4 Å². The predicted molar refractivity (Wildman–Crippen MR) is 100.0 cm³/mol. The monoisotopic (exact) mass is 407 g/mol. The van der Waals surface area contributed by atoms with Gasteiger partial charge < -0.3 is 19.1 Å². The van der Waals surface area contributed by atoms with Gasteiger partial charge in [0.15, 0.2) is 18.1 Å². The molecule has 1 heterocycles. The smallest absolute Gasteiger partial charge is 0.310 e. The molecule has 2 aromatic rings. The molecule has 1 aliphatic rings. The number of ether oxygens (including phenoxy) is 3. The molecule has 1 amide bonds. The summed E-state index contributed by atoms with van der Waals surface area (Å²) in [6.45, 7) is 0.861. The summed E-state index contributed by atoms with van der Waals surface area (Å²) in [4.78, 5) is 25.6. The first-order valence-corrected chi connectivity index (χ1v) is 9.03. The molecule has 0 saturated carbocycles. The van der Waals surface area contributed by atoms with E-state index in [1.165, 1.54) is 23.1 Å². The van der Waals surface area contributed by atoms with E-state index in [0.717, 1.165) is 5.56 Å². The molecule has 0 spiro atoms. The highest BCUT2D eigenvalue weighted by atomic mass is 35.5. The average molecular weight is 408 g/mol. The van der Waals surface area contributed by atoms with Crippen LogP contribution in [0.1, 0.15) is 11.1 Å². The van der Waals surface area contributed by atoms with E-state index in [-0.39, 0.29) is 22.9 Å². The molecule has 0 unspecified atom stereocenters. The van der Waals surface area contributed by atoms with Gasteiger partial charge >= 0.3 is 5.97 Å². The van der Waals surface area contributed by atoms with Gasteiger partial charge in [-0.15, -0.1) is 0 Å². The minimum absolute atomic E-state index is 0.0475. The van der Waals surface area contributed by atoms with Crippen LogP contribution in [0.2, 0.25) is 5.02 Å². The number of fused-ring (bicyclic) bond motifs is 1. The highest BCUT2D eigenvalue weighted by Gasteiger charge is 2.17. The van der Waals surface area contributed by atoms with E-state index in [0.29, 0.717) is 31.3 Å². The maximum Gasteiger partial charge on any atom is 0.310 e. The van der Waals surface area contributed by atoms with E-state index in [2.05, 4.69) is 0 Å². The van der Waals surface area contributed by atoms with Gasteiger partial charge in [-0.05, 0) is 29.8 Å². The summed E-state index contributed by atoms with van der Waals surface area (Å²) in [5.41, 5.74) is 0.899. The zero-order valence-corrected chi connectivity index (χ0v) is 16.0. The first-order chi connectivity index (χ1) is 13.4. The van der Waals surface area contributed by atoms with Crippen molar-refractivity contribution >= 4 is 23.5 Å². The second kappa shape index (κ2) is 8.93. The first kappa shape index (κ1) is 19.9. The van der Waals surface area contributed by atoms with Crippen molar-refractivity contribution in [3.05, 3.63) is 58.4 Å². The number of carbonyl (C=O) groups excluding carboxylic acids is 2. The SMILES string of the molecule is CN(Cc1ccc2c(c1)OCCO2)C(=O)COC(=O)Cc1c(F)cccc1Cl. The van der Waals surface area contributed by atoms with Gasteiger partial charge in [-0.1, -0.05) is 23.7 Å². The fourth-order valence-electron chi connectivity index (χ4n) is 2.70. The molecule has 0 aromatic heterocycles. The molecule has 0 N–H and O–H groups in total. The van der Waals surface area contributed by atoms with Crippen LogP contribution in [-0.2, 0) is 27.3 Å². The fraction of sp³-hybridized carbons (Fsp3) is 0.300. The number of benzene rings is 2. The topological polar surface area (TPSA) is 65.1 Å². The molecular formula is C20H19ClFNO5. The molecule has 1 aliphatic heterocycles. The summed E-state index contributed by atoms with van der Waals surface area (Å²) in [7, 11) is 1.60. The Kier molecular flexibility index (Phi) is 6.36. The largest absolute Gasteiger partial charge is 0.486 e. The van der Waals surface area contributed by atoms with Crippen molar-refractivity contribution in [1.82, 2.24) is 4.90 Å². The molecule has 148 valence electrons. The van der Waals surface area contributed by atoms with Gasteiger partial charge in [-0.2, -0.15) is 0 Å². The molecule has 6 nitrogen and oxygen atoms in total. The maximum atomic E-state index is 13.7. The Morgan fingerprint density at radius 3 is 2.68 bits per heavy atom. The third-order valence-corrected chi connectivity index (χ3v) is 4.55.